The number of piperidine rings is 1. The van der Waals surface area contributed by atoms with Gasteiger partial charge in [-0.05, 0) is 38.8 Å². The van der Waals surface area contributed by atoms with Crippen molar-refractivity contribution < 1.29 is 9.18 Å². The van der Waals surface area contributed by atoms with Crippen molar-refractivity contribution in [1.29, 1.82) is 0 Å². The topological polar surface area (TPSA) is 73.7 Å². The lowest BCUT2D eigenvalue weighted by molar-refractivity contribution is 0.0701. The molecule has 3 aromatic rings. The van der Waals surface area contributed by atoms with Gasteiger partial charge in [0.1, 0.15) is 5.82 Å². The summed E-state index contributed by atoms with van der Waals surface area (Å²) in [5.74, 6) is -0.741. The molecule has 7 nitrogen and oxygen atoms in total. The van der Waals surface area contributed by atoms with E-state index in [-0.39, 0.29) is 22.9 Å². The fourth-order valence-electron chi connectivity index (χ4n) is 4.89. The van der Waals surface area contributed by atoms with Crippen molar-refractivity contribution in [3.63, 3.8) is 0 Å². The van der Waals surface area contributed by atoms with E-state index in [4.69, 9.17) is 4.98 Å². The first kappa shape index (κ1) is 20.9. The zero-order valence-electron chi connectivity index (χ0n) is 18.5. The van der Waals surface area contributed by atoms with E-state index in [1.54, 1.807) is 17.0 Å². The Labute approximate surface area is 185 Å². The van der Waals surface area contributed by atoms with Gasteiger partial charge in [0, 0.05) is 56.3 Å². The molecule has 1 fully saturated rings. The van der Waals surface area contributed by atoms with Gasteiger partial charge in [-0.15, -0.1) is 0 Å². The molecule has 0 aliphatic carbocycles. The van der Waals surface area contributed by atoms with Crippen LogP contribution in [0.5, 0.6) is 0 Å². The molecule has 0 radical (unpaired) electrons. The van der Waals surface area contributed by atoms with Crippen LogP contribution in [0.2, 0.25) is 0 Å². The van der Waals surface area contributed by atoms with Gasteiger partial charge < -0.3 is 4.90 Å². The van der Waals surface area contributed by atoms with E-state index in [0.29, 0.717) is 31.3 Å². The highest BCUT2D eigenvalue weighted by atomic mass is 19.1. The molecule has 32 heavy (non-hydrogen) atoms. The van der Waals surface area contributed by atoms with Gasteiger partial charge in [-0.3, -0.25) is 19.6 Å². The maximum atomic E-state index is 14.1. The van der Waals surface area contributed by atoms with E-state index in [9.17, 15) is 14.0 Å². The van der Waals surface area contributed by atoms with Gasteiger partial charge in [-0.25, -0.2) is 13.9 Å². The number of aromatic nitrogens is 3. The number of nitrogens with zero attached hydrogens (tertiary/aromatic N) is 4. The highest BCUT2D eigenvalue weighted by Gasteiger charge is 2.29. The van der Waals surface area contributed by atoms with Crippen LogP contribution in [0.1, 0.15) is 59.9 Å². The number of carbonyl (C=O) groups excluding carboxylic acids is 1. The molecule has 1 N–H and O–H groups in total. The predicted molar refractivity (Wildman–Crippen MR) is 119 cm³/mol. The number of rotatable bonds is 3. The summed E-state index contributed by atoms with van der Waals surface area (Å²) in [5.41, 5.74) is 3.22. The summed E-state index contributed by atoms with van der Waals surface area (Å²) in [4.78, 5) is 34.8. The van der Waals surface area contributed by atoms with Crippen molar-refractivity contribution in [2.24, 2.45) is 0 Å². The minimum Gasteiger partial charge on any atom is -0.338 e. The minimum absolute atomic E-state index is 0.0447. The lowest BCUT2D eigenvalue weighted by Gasteiger charge is -2.32. The van der Waals surface area contributed by atoms with Crippen LogP contribution in [0.25, 0.3) is 5.65 Å². The zero-order chi connectivity index (χ0) is 22.4. The largest absolute Gasteiger partial charge is 0.338 e. The number of halogens is 1. The van der Waals surface area contributed by atoms with Crippen molar-refractivity contribution in [3.8, 4) is 0 Å². The molecule has 0 unspecified atom stereocenters. The smallest absolute Gasteiger partial charge is 0.277 e. The monoisotopic (exact) mass is 437 g/mol. The fourth-order valence-corrected chi connectivity index (χ4v) is 4.89. The number of H-pyrrole nitrogens is 1. The average Bonchev–Trinajstić information content (AvgIpc) is 3.23. The van der Waals surface area contributed by atoms with Crippen LogP contribution in [0.4, 0.5) is 4.39 Å². The van der Waals surface area contributed by atoms with E-state index in [2.05, 4.69) is 23.8 Å². The quantitative estimate of drug-likeness (QED) is 0.684. The van der Waals surface area contributed by atoms with Gasteiger partial charge in [-0.2, -0.15) is 0 Å². The van der Waals surface area contributed by atoms with Crippen LogP contribution >= 0.6 is 0 Å². The van der Waals surface area contributed by atoms with Gasteiger partial charge in [0.05, 0.1) is 16.8 Å². The van der Waals surface area contributed by atoms with E-state index >= 15 is 0 Å². The van der Waals surface area contributed by atoms with Gasteiger partial charge >= 0.3 is 0 Å². The van der Waals surface area contributed by atoms with Crippen molar-refractivity contribution in [2.45, 2.75) is 51.6 Å². The third-order valence-electron chi connectivity index (χ3n) is 6.79. The van der Waals surface area contributed by atoms with Crippen molar-refractivity contribution >= 4 is 11.6 Å². The lowest BCUT2D eigenvalue weighted by atomic mass is 9.94. The highest BCUT2D eigenvalue weighted by Crippen LogP contribution is 2.28. The second-order valence-electron chi connectivity index (χ2n) is 9.13. The van der Waals surface area contributed by atoms with E-state index in [0.717, 1.165) is 42.8 Å². The number of hydrogen-bond acceptors (Lipinski definition) is 4. The Bertz CT molecular complexity index is 1230. The molecular formula is C24H28FN5O2. The van der Waals surface area contributed by atoms with E-state index < -0.39 is 5.82 Å². The second kappa shape index (κ2) is 8.16. The van der Waals surface area contributed by atoms with Crippen LogP contribution in [0.15, 0.2) is 35.1 Å². The first-order valence-corrected chi connectivity index (χ1v) is 11.3. The Balaban J connectivity index is 1.42. The maximum Gasteiger partial charge on any atom is 0.277 e. The van der Waals surface area contributed by atoms with Crippen molar-refractivity contribution in [3.05, 3.63) is 69.0 Å². The minimum atomic E-state index is -0.498. The Morgan fingerprint density at radius 1 is 1.25 bits per heavy atom. The summed E-state index contributed by atoms with van der Waals surface area (Å²) in [6, 6.07) is 8.40. The molecule has 4 heterocycles. The zero-order valence-corrected chi connectivity index (χ0v) is 18.5. The van der Waals surface area contributed by atoms with E-state index in [1.807, 2.05) is 6.07 Å². The Morgan fingerprint density at radius 2 is 2.06 bits per heavy atom. The first-order valence-electron chi connectivity index (χ1n) is 11.3. The standard InChI is InChI=1S/C24H28FN5O2/c1-15(2)28-11-9-20-18(14-28)24(32)30-22(26-20)12-21(27-30)16-6-5-10-29(13-16)23(31)17-7-3-4-8-19(17)25/h3-4,7-8,12,15-16,27H,5-6,9-11,13-14H2,1-2H3/t16-/m0/s1. The summed E-state index contributed by atoms with van der Waals surface area (Å²) >= 11 is 0. The van der Waals surface area contributed by atoms with Gasteiger partial charge in [0.25, 0.3) is 11.5 Å². The maximum absolute atomic E-state index is 14.1. The molecule has 0 bridgehead atoms. The Kier molecular flexibility index (Phi) is 5.33. The number of amides is 1. The molecule has 0 spiro atoms. The molecule has 1 aromatic carbocycles. The Hall–Kier alpha value is -3.00. The molecule has 8 heteroatoms. The number of carbonyl (C=O) groups is 1. The molecule has 2 aliphatic heterocycles. The number of hydrogen-bond donors (Lipinski definition) is 1. The van der Waals surface area contributed by atoms with E-state index in [1.165, 1.54) is 16.6 Å². The van der Waals surface area contributed by atoms with Crippen LogP contribution in [0, 0.1) is 5.82 Å². The molecule has 1 saturated heterocycles. The van der Waals surface area contributed by atoms with Gasteiger partial charge in [0.2, 0.25) is 0 Å². The van der Waals surface area contributed by atoms with Crippen LogP contribution in [0.3, 0.4) is 0 Å². The number of benzene rings is 1. The van der Waals surface area contributed by atoms with Crippen LogP contribution in [-0.4, -0.2) is 56.0 Å². The Morgan fingerprint density at radius 3 is 2.84 bits per heavy atom. The second-order valence-corrected chi connectivity index (χ2v) is 9.13. The molecule has 0 saturated carbocycles. The summed E-state index contributed by atoms with van der Waals surface area (Å²) in [6.07, 6.45) is 2.49. The molecule has 1 atom stereocenters. The molecule has 168 valence electrons. The van der Waals surface area contributed by atoms with Crippen LogP contribution in [-0.2, 0) is 13.0 Å². The molecule has 2 aromatic heterocycles. The summed E-state index contributed by atoms with van der Waals surface area (Å²) < 4.78 is 15.7. The number of aromatic amines is 1. The van der Waals surface area contributed by atoms with Crippen molar-refractivity contribution in [2.75, 3.05) is 19.6 Å². The van der Waals surface area contributed by atoms with Gasteiger partial charge in [0.15, 0.2) is 5.65 Å². The normalized spacial score (nSPS) is 19.5. The summed E-state index contributed by atoms with van der Waals surface area (Å²) in [7, 11) is 0. The lowest BCUT2D eigenvalue weighted by Crippen LogP contribution is -2.40. The summed E-state index contributed by atoms with van der Waals surface area (Å²) in [5, 5.41) is 3.25. The molecular weight excluding hydrogens is 409 g/mol. The van der Waals surface area contributed by atoms with Gasteiger partial charge in [-0.1, -0.05) is 12.1 Å². The SMILES string of the molecule is CC(C)N1CCc2nc3cc([C@H]4CCCN(C(=O)c5ccccc5F)C4)[nH]n3c(=O)c2C1. The average molecular weight is 438 g/mol. The fraction of sp³-hybridized carbons (Fsp3) is 0.458. The van der Waals surface area contributed by atoms with Crippen molar-refractivity contribution in [1.82, 2.24) is 24.4 Å². The van der Waals surface area contributed by atoms with Crippen LogP contribution < -0.4 is 5.56 Å². The summed E-state index contributed by atoms with van der Waals surface area (Å²) in [6.45, 7) is 6.87. The number of likely N-dealkylation sites (tertiary alicyclic amines) is 1. The number of nitrogens with one attached hydrogen (secondary N) is 1. The third-order valence-corrected chi connectivity index (χ3v) is 6.79. The predicted octanol–water partition coefficient (Wildman–Crippen LogP) is 2.95. The molecule has 1 amide bonds. The third kappa shape index (κ3) is 3.62. The molecule has 5 rings (SSSR count). The molecule has 2 aliphatic rings. The number of fused-ring (bicyclic) bond motifs is 2. The first-order chi connectivity index (χ1) is 15.4. The highest BCUT2D eigenvalue weighted by molar-refractivity contribution is 5.94.